The minimum Gasteiger partial charge on any atom is -0.486 e. The Morgan fingerprint density at radius 3 is 2.32 bits per heavy atom. The molecule has 1 aromatic carbocycles. The fourth-order valence-corrected chi connectivity index (χ4v) is 2.21. The van der Waals surface area contributed by atoms with E-state index in [1.54, 1.807) is 0 Å². The lowest BCUT2D eigenvalue weighted by Gasteiger charge is -2.29. The summed E-state index contributed by atoms with van der Waals surface area (Å²) in [6, 6.07) is 4.39. The smallest absolute Gasteiger partial charge is 0.163 e. The van der Waals surface area contributed by atoms with Crippen LogP contribution < -0.4 is 15.2 Å². The molecule has 0 fully saturated rings. The van der Waals surface area contributed by atoms with Crippen molar-refractivity contribution in [2.75, 3.05) is 26.0 Å². The predicted octanol–water partition coefficient (Wildman–Crippen LogP) is 2.52. The summed E-state index contributed by atoms with van der Waals surface area (Å²) < 4.78 is 11.1. The number of anilines is 1. The molecule has 1 atom stereocenters. The molecular weight excluding hydrogens is 240 g/mol. The molecule has 4 heteroatoms. The molecule has 4 nitrogen and oxygen atoms in total. The van der Waals surface area contributed by atoms with Crippen molar-refractivity contribution in [3.63, 3.8) is 0 Å². The molecule has 1 aromatic rings. The van der Waals surface area contributed by atoms with Gasteiger partial charge >= 0.3 is 0 Å². The van der Waals surface area contributed by atoms with Crippen molar-refractivity contribution < 1.29 is 9.47 Å². The molecular formula is C15H24N2O2. The highest BCUT2D eigenvalue weighted by molar-refractivity contribution is 5.58. The van der Waals surface area contributed by atoms with Crippen molar-refractivity contribution in [3.8, 4) is 11.5 Å². The third-order valence-electron chi connectivity index (χ3n) is 3.88. The number of nitrogens with two attached hydrogens (primary N) is 1. The Balaban J connectivity index is 2.16. The van der Waals surface area contributed by atoms with E-state index >= 15 is 0 Å². The van der Waals surface area contributed by atoms with Crippen molar-refractivity contribution in [1.29, 1.82) is 0 Å². The van der Waals surface area contributed by atoms with Crippen molar-refractivity contribution >= 4 is 5.69 Å². The van der Waals surface area contributed by atoms with Gasteiger partial charge in [-0.3, -0.25) is 4.90 Å². The number of hydrogen-bond donors (Lipinski definition) is 1. The first-order chi connectivity index (χ1) is 8.99. The first-order valence-electron chi connectivity index (χ1n) is 6.87. The quantitative estimate of drug-likeness (QED) is 0.849. The summed E-state index contributed by atoms with van der Waals surface area (Å²) in [6.45, 7) is 8.72. The molecule has 2 rings (SSSR count). The molecule has 1 unspecified atom stereocenters. The number of hydrogen-bond acceptors (Lipinski definition) is 4. The highest BCUT2D eigenvalue weighted by Crippen LogP contribution is 2.35. The van der Waals surface area contributed by atoms with Crippen LogP contribution in [0, 0.1) is 5.92 Å². The fourth-order valence-electron chi connectivity index (χ4n) is 2.21. The second-order valence-corrected chi connectivity index (χ2v) is 5.59. The first kappa shape index (κ1) is 14.0. The molecule has 0 bridgehead atoms. The average molecular weight is 264 g/mol. The lowest BCUT2D eigenvalue weighted by Crippen LogP contribution is -2.33. The van der Waals surface area contributed by atoms with Crippen LogP contribution in [0.3, 0.4) is 0 Å². The van der Waals surface area contributed by atoms with Crippen LogP contribution in [0.5, 0.6) is 11.5 Å². The van der Waals surface area contributed by atoms with E-state index in [1.807, 2.05) is 12.1 Å². The molecule has 0 amide bonds. The zero-order valence-corrected chi connectivity index (χ0v) is 12.3. The number of nitrogen functional groups attached to an aromatic ring is 1. The lowest BCUT2D eigenvalue weighted by molar-refractivity contribution is 0.170. The van der Waals surface area contributed by atoms with Crippen molar-refractivity contribution in [2.45, 2.75) is 33.4 Å². The summed E-state index contributed by atoms with van der Waals surface area (Å²) in [4.78, 5) is 2.31. The lowest BCUT2D eigenvalue weighted by atomic mass is 10.0. The highest BCUT2D eigenvalue weighted by atomic mass is 16.6. The van der Waals surface area contributed by atoms with Gasteiger partial charge in [-0.2, -0.15) is 0 Å². The van der Waals surface area contributed by atoms with Gasteiger partial charge in [-0.1, -0.05) is 13.8 Å². The second kappa shape index (κ2) is 5.70. The van der Waals surface area contributed by atoms with E-state index in [1.165, 1.54) is 0 Å². The Kier molecular flexibility index (Phi) is 4.20. The molecule has 2 N–H and O–H groups in total. The predicted molar refractivity (Wildman–Crippen MR) is 77.6 cm³/mol. The van der Waals surface area contributed by atoms with Crippen LogP contribution in [0.2, 0.25) is 0 Å². The van der Waals surface area contributed by atoms with Gasteiger partial charge < -0.3 is 15.2 Å². The maximum atomic E-state index is 6.11. The minimum absolute atomic E-state index is 0.507. The summed E-state index contributed by atoms with van der Waals surface area (Å²) in [5.74, 6) is 2.18. The van der Waals surface area contributed by atoms with Crippen LogP contribution in [0.4, 0.5) is 5.69 Å². The van der Waals surface area contributed by atoms with E-state index < -0.39 is 0 Å². The zero-order chi connectivity index (χ0) is 14.0. The Labute approximate surface area is 115 Å². The molecule has 0 radical (unpaired) electrons. The normalized spacial score (nSPS) is 15.9. The Bertz CT molecular complexity index is 446. The molecule has 0 spiro atoms. The third kappa shape index (κ3) is 3.13. The van der Waals surface area contributed by atoms with Crippen molar-refractivity contribution in [2.24, 2.45) is 5.92 Å². The molecule has 0 aliphatic carbocycles. The van der Waals surface area contributed by atoms with E-state index in [-0.39, 0.29) is 0 Å². The summed E-state index contributed by atoms with van der Waals surface area (Å²) >= 11 is 0. The van der Waals surface area contributed by atoms with Gasteiger partial charge in [0.2, 0.25) is 0 Å². The minimum atomic E-state index is 0.507. The molecule has 0 saturated heterocycles. The van der Waals surface area contributed by atoms with Gasteiger partial charge in [0.15, 0.2) is 11.5 Å². The van der Waals surface area contributed by atoms with Crippen molar-refractivity contribution in [3.05, 3.63) is 17.7 Å². The van der Waals surface area contributed by atoms with E-state index in [9.17, 15) is 0 Å². The summed E-state index contributed by atoms with van der Waals surface area (Å²) in [5, 5.41) is 0. The molecule has 1 aliphatic rings. The average Bonchev–Trinajstić information content (AvgIpc) is 2.38. The number of fused-ring (bicyclic) bond motifs is 1. The highest BCUT2D eigenvalue weighted by Gasteiger charge is 2.18. The Morgan fingerprint density at radius 2 is 1.74 bits per heavy atom. The van der Waals surface area contributed by atoms with E-state index in [0.29, 0.717) is 25.2 Å². The Hall–Kier alpha value is -1.42. The fraction of sp³-hybridized carbons (Fsp3) is 0.600. The first-order valence-corrected chi connectivity index (χ1v) is 6.87. The number of rotatable bonds is 4. The second-order valence-electron chi connectivity index (χ2n) is 5.59. The van der Waals surface area contributed by atoms with E-state index in [2.05, 4.69) is 32.7 Å². The van der Waals surface area contributed by atoms with Gasteiger partial charge in [0.25, 0.3) is 0 Å². The Morgan fingerprint density at radius 1 is 1.16 bits per heavy atom. The maximum absolute atomic E-state index is 6.11. The van der Waals surface area contributed by atoms with Gasteiger partial charge in [0.05, 0.1) is 0 Å². The zero-order valence-electron chi connectivity index (χ0n) is 12.3. The van der Waals surface area contributed by atoms with Crippen LogP contribution >= 0.6 is 0 Å². The van der Waals surface area contributed by atoms with Gasteiger partial charge in [0, 0.05) is 24.3 Å². The summed E-state index contributed by atoms with van der Waals surface area (Å²) in [6.07, 6.45) is 0. The molecule has 106 valence electrons. The molecule has 19 heavy (non-hydrogen) atoms. The van der Waals surface area contributed by atoms with Gasteiger partial charge in [0.1, 0.15) is 13.2 Å². The van der Waals surface area contributed by atoms with Crippen LogP contribution in [-0.2, 0) is 6.54 Å². The summed E-state index contributed by atoms with van der Waals surface area (Å²) in [7, 11) is 2.13. The topological polar surface area (TPSA) is 47.7 Å². The van der Waals surface area contributed by atoms with Crippen LogP contribution in [0.25, 0.3) is 0 Å². The molecule has 0 saturated carbocycles. The van der Waals surface area contributed by atoms with Crippen LogP contribution in [0.1, 0.15) is 26.3 Å². The SMILES string of the molecule is CC(C)C(C)N(C)Cc1cc2c(cc1N)OCCO2. The standard InChI is InChI=1S/C15H24N2O2/c1-10(2)11(3)17(4)9-12-7-14-15(8-13(12)16)19-6-5-18-14/h7-8,10-11H,5-6,9,16H2,1-4H3. The third-order valence-corrected chi connectivity index (χ3v) is 3.88. The largest absolute Gasteiger partial charge is 0.486 e. The van der Waals surface area contributed by atoms with E-state index in [4.69, 9.17) is 15.2 Å². The van der Waals surface area contributed by atoms with Crippen molar-refractivity contribution in [1.82, 2.24) is 4.90 Å². The van der Waals surface area contributed by atoms with Gasteiger partial charge in [-0.25, -0.2) is 0 Å². The maximum Gasteiger partial charge on any atom is 0.163 e. The molecule has 1 aliphatic heterocycles. The van der Waals surface area contributed by atoms with Gasteiger partial charge in [-0.05, 0) is 31.5 Å². The number of ether oxygens (including phenoxy) is 2. The van der Waals surface area contributed by atoms with Gasteiger partial charge in [-0.15, -0.1) is 0 Å². The molecule has 0 aromatic heterocycles. The van der Waals surface area contributed by atoms with E-state index in [0.717, 1.165) is 29.3 Å². The number of nitrogens with zero attached hydrogens (tertiary/aromatic N) is 1. The summed E-state index contributed by atoms with van der Waals surface area (Å²) in [5.41, 5.74) is 7.97. The van der Waals surface area contributed by atoms with Crippen LogP contribution in [-0.4, -0.2) is 31.2 Å². The number of benzene rings is 1. The molecule has 1 heterocycles. The monoisotopic (exact) mass is 264 g/mol. The van der Waals surface area contributed by atoms with Crippen LogP contribution in [0.15, 0.2) is 12.1 Å².